The van der Waals surface area contributed by atoms with Gasteiger partial charge in [-0.05, 0) is 0 Å². The highest BCUT2D eigenvalue weighted by Crippen LogP contribution is 2.28. The SMILES string of the molecule is FC1(F)CN(I)C1. The van der Waals surface area contributed by atoms with Crippen molar-refractivity contribution in [3.63, 3.8) is 0 Å². The van der Waals surface area contributed by atoms with Crippen LogP contribution in [0.4, 0.5) is 8.78 Å². The molecule has 4 heteroatoms. The molecule has 42 valence electrons. The Labute approximate surface area is 54.2 Å². The minimum absolute atomic E-state index is 0.0758. The number of rotatable bonds is 0. The van der Waals surface area contributed by atoms with Crippen LogP contribution in [0.2, 0.25) is 0 Å². The zero-order valence-electron chi connectivity index (χ0n) is 3.50. The summed E-state index contributed by atoms with van der Waals surface area (Å²) >= 11 is 1.87. The maximum Gasteiger partial charge on any atom is 0.274 e. The number of hydrogen-bond donors (Lipinski definition) is 0. The molecule has 1 nitrogen and oxygen atoms in total. The van der Waals surface area contributed by atoms with Crippen molar-refractivity contribution >= 4 is 22.9 Å². The standard InChI is InChI=1S/C3H4F2IN/c4-3(5)1-7(6)2-3/h1-2H2. The van der Waals surface area contributed by atoms with Gasteiger partial charge in [-0.2, -0.15) is 0 Å². The van der Waals surface area contributed by atoms with E-state index in [1.165, 1.54) is 0 Å². The van der Waals surface area contributed by atoms with Gasteiger partial charge in [-0.1, -0.05) is 0 Å². The monoisotopic (exact) mass is 219 g/mol. The Kier molecular flexibility index (Phi) is 1.23. The van der Waals surface area contributed by atoms with Gasteiger partial charge in [0.1, 0.15) is 0 Å². The van der Waals surface area contributed by atoms with E-state index in [0.717, 1.165) is 0 Å². The van der Waals surface area contributed by atoms with Crippen molar-refractivity contribution in [2.45, 2.75) is 5.92 Å². The molecule has 1 saturated heterocycles. The highest BCUT2D eigenvalue weighted by atomic mass is 127. The summed E-state index contributed by atoms with van der Waals surface area (Å²) in [5.41, 5.74) is 0. The van der Waals surface area contributed by atoms with Crippen molar-refractivity contribution in [1.29, 1.82) is 0 Å². The topological polar surface area (TPSA) is 3.24 Å². The van der Waals surface area contributed by atoms with E-state index in [9.17, 15) is 8.78 Å². The van der Waals surface area contributed by atoms with Crippen LogP contribution in [0.5, 0.6) is 0 Å². The maximum atomic E-state index is 11.7. The van der Waals surface area contributed by atoms with Crippen molar-refractivity contribution in [2.24, 2.45) is 0 Å². The fourth-order valence-corrected chi connectivity index (χ4v) is 1.45. The summed E-state index contributed by atoms with van der Waals surface area (Å²) < 4.78 is 25.0. The van der Waals surface area contributed by atoms with Gasteiger partial charge in [-0.3, -0.25) is 0 Å². The third kappa shape index (κ3) is 1.22. The fraction of sp³-hybridized carbons (Fsp3) is 1.00. The summed E-state index contributed by atoms with van der Waals surface area (Å²) in [6.45, 7) is -0.152. The van der Waals surface area contributed by atoms with E-state index in [0.29, 0.717) is 0 Å². The predicted octanol–water partition coefficient (Wildman–Crippen LogP) is 1.29. The molecule has 0 spiro atoms. The smallest absolute Gasteiger partial charge is 0.235 e. The van der Waals surface area contributed by atoms with Crippen LogP contribution < -0.4 is 0 Å². The predicted molar refractivity (Wildman–Crippen MR) is 30.5 cm³/mol. The van der Waals surface area contributed by atoms with Gasteiger partial charge in [0.15, 0.2) is 0 Å². The molecule has 0 saturated carbocycles. The van der Waals surface area contributed by atoms with E-state index in [1.54, 1.807) is 3.11 Å². The fourth-order valence-electron chi connectivity index (χ4n) is 0.456. The first-order valence-electron chi connectivity index (χ1n) is 1.89. The van der Waals surface area contributed by atoms with E-state index in [4.69, 9.17) is 0 Å². The van der Waals surface area contributed by atoms with Gasteiger partial charge in [0, 0.05) is 22.9 Å². The highest BCUT2D eigenvalue weighted by Gasteiger charge is 2.42. The van der Waals surface area contributed by atoms with Gasteiger partial charge in [-0.25, -0.2) is 11.9 Å². The molecule has 0 aromatic carbocycles. The van der Waals surface area contributed by atoms with Gasteiger partial charge in [0.25, 0.3) is 5.92 Å². The first-order chi connectivity index (χ1) is 3.10. The second kappa shape index (κ2) is 1.51. The zero-order chi connectivity index (χ0) is 5.49. The van der Waals surface area contributed by atoms with E-state index in [1.807, 2.05) is 22.9 Å². The van der Waals surface area contributed by atoms with Crippen molar-refractivity contribution in [3.8, 4) is 0 Å². The number of nitrogens with zero attached hydrogens (tertiary/aromatic N) is 1. The largest absolute Gasteiger partial charge is 0.274 e. The molecule has 0 atom stereocenters. The summed E-state index contributed by atoms with van der Waals surface area (Å²) in [6.07, 6.45) is 0. The lowest BCUT2D eigenvalue weighted by Crippen LogP contribution is -2.50. The Morgan fingerprint density at radius 2 is 1.86 bits per heavy atom. The summed E-state index contributed by atoms with van der Waals surface area (Å²) in [7, 11) is 0. The summed E-state index contributed by atoms with van der Waals surface area (Å²) in [5, 5.41) is 0. The van der Waals surface area contributed by atoms with Gasteiger partial charge < -0.3 is 0 Å². The highest BCUT2D eigenvalue weighted by molar-refractivity contribution is 14.1. The van der Waals surface area contributed by atoms with Crippen molar-refractivity contribution in [3.05, 3.63) is 0 Å². The van der Waals surface area contributed by atoms with Crippen LogP contribution in [0, 0.1) is 0 Å². The van der Waals surface area contributed by atoms with Crippen molar-refractivity contribution in [2.75, 3.05) is 13.1 Å². The average molecular weight is 219 g/mol. The van der Waals surface area contributed by atoms with E-state index < -0.39 is 5.92 Å². The Morgan fingerprint density at radius 1 is 1.43 bits per heavy atom. The molecule has 0 N–H and O–H groups in total. The third-order valence-corrected chi connectivity index (χ3v) is 1.49. The molecule has 0 unspecified atom stereocenters. The summed E-state index contributed by atoms with van der Waals surface area (Å²) in [6, 6.07) is 0. The van der Waals surface area contributed by atoms with E-state index in [2.05, 4.69) is 0 Å². The van der Waals surface area contributed by atoms with Gasteiger partial charge in [0.2, 0.25) is 0 Å². The lowest BCUT2D eigenvalue weighted by molar-refractivity contribution is -0.0828. The van der Waals surface area contributed by atoms with Crippen LogP contribution in [0.15, 0.2) is 0 Å². The minimum atomic E-state index is -2.39. The molecule has 0 aliphatic carbocycles. The van der Waals surface area contributed by atoms with Crippen molar-refractivity contribution < 1.29 is 8.78 Å². The second-order valence-corrected chi connectivity index (χ2v) is 3.00. The molecule has 0 bridgehead atoms. The van der Waals surface area contributed by atoms with Crippen LogP contribution in [0.3, 0.4) is 0 Å². The Balaban J connectivity index is 2.29. The van der Waals surface area contributed by atoms with E-state index in [-0.39, 0.29) is 13.1 Å². The molecule has 7 heavy (non-hydrogen) atoms. The summed E-state index contributed by atoms with van der Waals surface area (Å²) in [5.74, 6) is -2.39. The normalized spacial score (nSPS) is 29.6. The molecule has 0 amide bonds. The molecule has 1 aliphatic rings. The average Bonchev–Trinajstić information content (AvgIpc) is 1.27. The number of alkyl halides is 2. The summed E-state index contributed by atoms with van der Waals surface area (Å²) in [4.78, 5) is 0. The quantitative estimate of drug-likeness (QED) is 0.438. The third-order valence-electron chi connectivity index (χ3n) is 0.806. The van der Waals surface area contributed by atoms with Gasteiger partial charge >= 0.3 is 0 Å². The van der Waals surface area contributed by atoms with Crippen LogP contribution in [-0.2, 0) is 0 Å². The number of halogens is 3. The first kappa shape index (κ1) is 5.68. The molecular formula is C3H4F2IN. The zero-order valence-corrected chi connectivity index (χ0v) is 5.65. The first-order valence-corrected chi connectivity index (χ1v) is 2.85. The lowest BCUT2D eigenvalue weighted by atomic mass is 10.2. The van der Waals surface area contributed by atoms with Gasteiger partial charge in [-0.15, -0.1) is 0 Å². The molecule has 1 rings (SSSR count). The Morgan fingerprint density at radius 3 is 1.86 bits per heavy atom. The molecule has 0 radical (unpaired) electrons. The molecule has 1 heterocycles. The molecule has 0 aromatic heterocycles. The van der Waals surface area contributed by atoms with E-state index >= 15 is 0 Å². The molecular weight excluding hydrogens is 215 g/mol. The minimum Gasteiger partial charge on any atom is -0.235 e. The maximum absolute atomic E-state index is 11.7. The Bertz CT molecular complexity index is 77.0. The molecule has 1 fully saturated rings. The molecule has 1 aliphatic heterocycles. The lowest BCUT2D eigenvalue weighted by Gasteiger charge is -2.33. The second-order valence-electron chi connectivity index (χ2n) is 1.63. The van der Waals surface area contributed by atoms with Crippen LogP contribution in [-0.4, -0.2) is 22.1 Å². The molecule has 0 aromatic rings. The van der Waals surface area contributed by atoms with Crippen molar-refractivity contribution in [1.82, 2.24) is 3.11 Å². The van der Waals surface area contributed by atoms with Crippen LogP contribution in [0.1, 0.15) is 0 Å². The van der Waals surface area contributed by atoms with Crippen LogP contribution in [0.25, 0.3) is 0 Å². The number of hydrogen-bond acceptors (Lipinski definition) is 1. The van der Waals surface area contributed by atoms with Crippen LogP contribution >= 0.6 is 22.9 Å². The Hall–Kier alpha value is 0.550. The van der Waals surface area contributed by atoms with Gasteiger partial charge in [0.05, 0.1) is 13.1 Å².